The lowest BCUT2D eigenvalue weighted by molar-refractivity contribution is -0.384. The van der Waals surface area contributed by atoms with Crippen LogP contribution in [0.5, 0.6) is 0 Å². The average molecular weight is 275 g/mol. The first-order valence-corrected chi connectivity index (χ1v) is 6.50. The van der Waals surface area contributed by atoms with Gasteiger partial charge in [-0.3, -0.25) is 10.1 Å². The van der Waals surface area contributed by atoms with Crippen molar-refractivity contribution < 1.29 is 9.45 Å². The molecule has 20 heavy (non-hydrogen) atoms. The number of nitrogens with zero attached hydrogens (tertiary/aromatic N) is 2. The third-order valence-electron chi connectivity index (χ3n) is 3.09. The molecule has 1 unspecified atom stereocenters. The molecule has 6 nitrogen and oxygen atoms in total. The second-order valence-corrected chi connectivity index (χ2v) is 4.63. The minimum Gasteiger partial charge on any atom is -0.360 e. The van der Waals surface area contributed by atoms with Gasteiger partial charge in [0, 0.05) is 24.2 Å². The number of rotatable bonds is 6. The Bertz CT molecular complexity index is 595. The fourth-order valence-electron chi connectivity index (χ4n) is 2.08. The monoisotopic (exact) mass is 275 g/mol. The number of non-ortho nitro benzene ring substituents is 1. The Morgan fingerprint density at radius 1 is 1.45 bits per heavy atom. The van der Waals surface area contributed by atoms with Crippen molar-refractivity contribution in [2.45, 2.75) is 32.9 Å². The second-order valence-electron chi connectivity index (χ2n) is 4.63. The van der Waals surface area contributed by atoms with Gasteiger partial charge in [-0.1, -0.05) is 24.2 Å². The van der Waals surface area contributed by atoms with Crippen LogP contribution in [-0.2, 0) is 6.54 Å². The smallest absolute Gasteiger partial charge is 0.269 e. The third kappa shape index (κ3) is 3.42. The lowest BCUT2D eigenvalue weighted by Gasteiger charge is -2.16. The summed E-state index contributed by atoms with van der Waals surface area (Å²) in [5.74, 6) is 0.756. The van der Waals surface area contributed by atoms with Gasteiger partial charge in [0.25, 0.3) is 5.69 Å². The van der Waals surface area contributed by atoms with Crippen molar-refractivity contribution in [3.05, 3.63) is 57.5 Å². The van der Waals surface area contributed by atoms with Crippen LogP contribution in [0.25, 0.3) is 0 Å². The van der Waals surface area contributed by atoms with Crippen LogP contribution in [0.4, 0.5) is 5.69 Å². The first kappa shape index (κ1) is 14.2. The predicted molar refractivity (Wildman–Crippen MR) is 74.2 cm³/mol. The molecule has 2 rings (SSSR count). The highest BCUT2D eigenvalue weighted by molar-refractivity contribution is 5.35. The zero-order valence-corrected chi connectivity index (χ0v) is 11.5. The molecule has 0 aliphatic carbocycles. The zero-order chi connectivity index (χ0) is 14.5. The third-order valence-corrected chi connectivity index (χ3v) is 3.09. The Morgan fingerprint density at radius 2 is 2.25 bits per heavy atom. The van der Waals surface area contributed by atoms with Crippen molar-refractivity contribution in [2.24, 2.45) is 0 Å². The van der Waals surface area contributed by atoms with Gasteiger partial charge in [0.2, 0.25) is 0 Å². The van der Waals surface area contributed by atoms with Gasteiger partial charge >= 0.3 is 0 Å². The molecule has 106 valence electrons. The molecule has 0 radical (unpaired) electrons. The van der Waals surface area contributed by atoms with Crippen LogP contribution in [0.2, 0.25) is 0 Å². The van der Waals surface area contributed by atoms with E-state index in [1.807, 2.05) is 26.0 Å². The molecule has 1 aromatic carbocycles. The maximum absolute atomic E-state index is 10.8. The van der Waals surface area contributed by atoms with Crippen molar-refractivity contribution >= 4 is 5.69 Å². The number of nitro benzene ring substituents is 1. The molecular weight excluding hydrogens is 258 g/mol. The van der Waals surface area contributed by atoms with Crippen LogP contribution in [0, 0.1) is 17.0 Å². The Hall–Kier alpha value is -2.21. The van der Waals surface area contributed by atoms with Crippen LogP contribution in [0.1, 0.15) is 36.4 Å². The van der Waals surface area contributed by atoms with E-state index < -0.39 is 0 Å². The number of hydrogen-bond acceptors (Lipinski definition) is 5. The molecule has 2 aromatic rings. The van der Waals surface area contributed by atoms with Crippen molar-refractivity contribution in [3.63, 3.8) is 0 Å². The van der Waals surface area contributed by atoms with Crippen molar-refractivity contribution in [1.82, 2.24) is 10.5 Å². The summed E-state index contributed by atoms with van der Waals surface area (Å²) in [6, 6.07) is 8.60. The van der Waals surface area contributed by atoms with Crippen LogP contribution < -0.4 is 5.32 Å². The highest BCUT2D eigenvalue weighted by Gasteiger charge is 2.13. The van der Waals surface area contributed by atoms with E-state index in [1.54, 1.807) is 12.1 Å². The van der Waals surface area contributed by atoms with Gasteiger partial charge in [0.05, 0.1) is 17.2 Å². The van der Waals surface area contributed by atoms with E-state index in [9.17, 15) is 10.1 Å². The van der Waals surface area contributed by atoms with Gasteiger partial charge in [-0.05, 0) is 18.9 Å². The fourth-order valence-corrected chi connectivity index (χ4v) is 2.08. The normalized spacial score (nSPS) is 12.3. The predicted octanol–water partition coefficient (Wildman–Crippen LogP) is 3.13. The summed E-state index contributed by atoms with van der Waals surface area (Å²) in [5, 5.41) is 18.0. The number of aromatic nitrogens is 1. The number of hydrogen-bond donors (Lipinski definition) is 1. The van der Waals surface area contributed by atoms with Crippen LogP contribution in [0.3, 0.4) is 0 Å². The largest absolute Gasteiger partial charge is 0.360 e. The highest BCUT2D eigenvalue weighted by atomic mass is 16.6. The standard InChI is InChI=1S/C14H17N3O3/c1-3-14(15-9-13-7-10(2)16-20-13)11-5-4-6-12(8-11)17(18)19/h4-8,14-15H,3,9H2,1-2H3. The molecule has 1 atom stereocenters. The quantitative estimate of drug-likeness (QED) is 0.647. The van der Waals surface area contributed by atoms with Crippen molar-refractivity contribution in [3.8, 4) is 0 Å². The molecule has 0 saturated carbocycles. The molecule has 1 aromatic heterocycles. The molecule has 1 N–H and O–H groups in total. The molecule has 0 aliphatic heterocycles. The molecule has 6 heteroatoms. The van der Waals surface area contributed by atoms with Crippen LogP contribution in [0.15, 0.2) is 34.9 Å². The lowest BCUT2D eigenvalue weighted by Crippen LogP contribution is -2.20. The lowest BCUT2D eigenvalue weighted by atomic mass is 10.0. The topological polar surface area (TPSA) is 81.2 Å². The Kier molecular flexibility index (Phi) is 4.47. The van der Waals surface area contributed by atoms with E-state index in [2.05, 4.69) is 10.5 Å². The van der Waals surface area contributed by atoms with E-state index >= 15 is 0 Å². The maximum Gasteiger partial charge on any atom is 0.269 e. The van der Waals surface area contributed by atoms with E-state index in [-0.39, 0.29) is 16.7 Å². The SMILES string of the molecule is CCC(NCc1cc(C)no1)c1cccc([N+](=O)[O-])c1. The van der Waals surface area contributed by atoms with E-state index in [0.29, 0.717) is 6.54 Å². The van der Waals surface area contributed by atoms with Gasteiger partial charge in [-0.2, -0.15) is 0 Å². The summed E-state index contributed by atoms with van der Waals surface area (Å²) in [4.78, 5) is 10.4. The maximum atomic E-state index is 10.8. The Labute approximate surface area is 116 Å². The van der Waals surface area contributed by atoms with Gasteiger partial charge in [0.15, 0.2) is 5.76 Å². The highest BCUT2D eigenvalue weighted by Crippen LogP contribution is 2.22. The molecule has 0 saturated heterocycles. The van der Waals surface area contributed by atoms with Crippen LogP contribution in [-0.4, -0.2) is 10.1 Å². The molecule has 0 fully saturated rings. The minimum absolute atomic E-state index is 0.0420. The summed E-state index contributed by atoms with van der Waals surface area (Å²) in [7, 11) is 0. The molecule has 1 heterocycles. The number of nitrogens with one attached hydrogen (secondary N) is 1. The van der Waals surface area contributed by atoms with Crippen molar-refractivity contribution in [2.75, 3.05) is 0 Å². The zero-order valence-electron chi connectivity index (χ0n) is 11.5. The number of nitro groups is 1. The van der Waals surface area contributed by atoms with Crippen molar-refractivity contribution in [1.29, 1.82) is 0 Å². The van der Waals surface area contributed by atoms with Crippen LogP contribution >= 0.6 is 0 Å². The molecule has 0 amide bonds. The van der Waals surface area contributed by atoms with Gasteiger partial charge in [0.1, 0.15) is 0 Å². The molecule has 0 spiro atoms. The second kappa shape index (κ2) is 6.29. The van der Waals surface area contributed by atoms with E-state index in [0.717, 1.165) is 23.4 Å². The average Bonchev–Trinajstić information content (AvgIpc) is 2.85. The summed E-state index contributed by atoms with van der Waals surface area (Å²) in [5.41, 5.74) is 1.85. The molecular formula is C14H17N3O3. The summed E-state index contributed by atoms with van der Waals surface area (Å²) in [6.07, 6.45) is 0.828. The first-order valence-electron chi connectivity index (χ1n) is 6.50. The summed E-state index contributed by atoms with van der Waals surface area (Å²) < 4.78 is 5.14. The number of benzene rings is 1. The summed E-state index contributed by atoms with van der Waals surface area (Å²) >= 11 is 0. The van der Waals surface area contributed by atoms with E-state index in [1.165, 1.54) is 6.07 Å². The minimum atomic E-state index is -0.379. The van der Waals surface area contributed by atoms with E-state index in [4.69, 9.17) is 4.52 Å². The Morgan fingerprint density at radius 3 is 2.85 bits per heavy atom. The van der Waals surface area contributed by atoms with Gasteiger partial charge < -0.3 is 9.84 Å². The Balaban J connectivity index is 2.07. The number of aryl methyl sites for hydroxylation is 1. The summed E-state index contributed by atoms with van der Waals surface area (Å²) in [6.45, 7) is 4.44. The van der Waals surface area contributed by atoms with Gasteiger partial charge in [-0.25, -0.2) is 0 Å². The molecule has 0 bridgehead atoms. The van der Waals surface area contributed by atoms with Gasteiger partial charge in [-0.15, -0.1) is 0 Å². The first-order chi connectivity index (χ1) is 9.60. The fraction of sp³-hybridized carbons (Fsp3) is 0.357. The molecule has 0 aliphatic rings.